The molecule has 16 heteroatoms. The number of nitro benzene ring substituents is 1. The lowest BCUT2D eigenvalue weighted by Crippen LogP contribution is -2.46. The molecule has 1 atom stereocenters. The van der Waals surface area contributed by atoms with Crippen LogP contribution < -0.4 is 14.9 Å². The number of sulfonamides is 1. The van der Waals surface area contributed by atoms with Gasteiger partial charge in [-0.15, -0.1) is 11.8 Å². The number of nitro groups is 1. The molecule has 0 aliphatic carbocycles. The molecular weight excluding hydrogens is 834 g/mol. The number of halogens is 1. The summed E-state index contributed by atoms with van der Waals surface area (Å²) in [5.74, 6) is -0.863. The predicted octanol–water partition coefficient (Wildman–Crippen LogP) is 7.69. The summed E-state index contributed by atoms with van der Waals surface area (Å²) in [4.78, 5) is 45.7. The molecule has 6 rings (SSSR count). The molecule has 0 bridgehead atoms. The Bertz CT molecular complexity index is 2400. The van der Waals surface area contributed by atoms with Gasteiger partial charge in [-0.2, -0.15) is 0 Å². The molecule has 0 aromatic heterocycles. The molecule has 1 unspecified atom stereocenters. The molecule has 5 aromatic carbocycles. The summed E-state index contributed by atoms with van der Waals surface area (Å²) in [5.41, 5.74) is 4.27. The SMILES string of the molecule is CN(CCCC(Nc1ccc(S(=O)(=O)NC(=O)c2ccc(N3CCN(Cc4ccccc4-c4ccc(Cl)cc4)CC3)cc2)cc1[N+](=O)[O-])Sc1ccccc1)CC(=O)N(C)C. The number of amides is 2. The van der Waals surface area contributed by atoms with Crippen LogP contribution in [-0.4, -0.2) is 106 Å². The van der Waals surface area contributed by atoms with Crippen LogP contribution in [0.25, 0.3) is 11.1 Å². The summed E-state index contributed by atoms with van der Waals surface area (Å²) in [6.07, 6.45) is 1.27. The maximum Gasteiger partial charge on any atom is 0.293 e. The number of anilines is 2. The monoisotopic (exact) mass is 883 g/mol. The summed E-state index contributed by atoms with van der Waals surface area (Å²) in [6, 6.07) is 36.1. The third-order valence-corrected chi connectivity index (χ3v) is 13.1. The lowest BCUT2D eigenvalue weighted by atomic mass is 9.99. The summed E-state index contributed by atoms with van der Waals surface area (Å²) >= 11 is 7.61. The number of rotatable bonds is 18. The average Bonchev–Trinajstić information content (AvgIpc) is 3.24. The Morgan fingerprint density at radius 3 is 2.21 bits per heavy atom. The van der Waals surface area contributed by atoms with Crippen molar-refractivity contribution in [2.45, 2.75) is 34.6 Å². The molecule has 1 saturated heterocycles. The van der Waals surface area contributed by atoms with Gasteiger partial charge in [-0.25, -0.2) is 13.1 Å². The van der Waals surface area contributed by atoms with Crippen LogP contribution in [0.15, 0.2) is 131 Å². The Hall–Kier alpha value is -5.45. The van der Waals surface area contributed by atoms with Gasteiger partial charge in [-0.1, -0.05) is 66.2 Å². The Balaban J connectivity index is 1.06. The van der Waals surface area contributed by atoms with Crippen LogP contribution in [0.1, 0.15) is 28.8 Å². The quantitative estimate of drug-likeness (QED) is 0.0386. The minimum Gasteiger partial charge on any atom is -0.369 e. The van der Waals surface area contributed by atoms with Crippen molar-refractivity contribution in [3.8, 4) is 11.1 Å². The molecule has 13 nitrogen and oxygen atoms in total. The Kier molecular flexibility index (Phi) is 15.4. The molecule has 2 N–H and O–H groups in total. The number of hydrogen-bond acceptors (Lipinski definition) is 11. The van der Waals surface area contributed by atoms with Crippen LogP contribution in [0, 0.1) is 10.1 Å². The molecule has 0 radical (unpaired) electrons. The summed E-state index contributed by atoms with van der Waals surface area (Å²) < 4.78 is 29.0. The second kappa shape index (κ2) is 20.9. The number of likely N-dealkylation sites (N-methyl/N-ethyl adjacent to an activating group) is 2. The van der Waals surface area contributed by atoms with Crippen LogP contribution in [-0.2, 0) is 21.4 Å². The molecule has 1 aliphatic rings. The highest BCUT2D eigenvalue weighted by molar-refractivity contribution is 8.00. The van der Waals surface area contributed by atoms with E-state index in [1.165, 1.54) is 39.9 Å². The van der Waals surface area contributed by atoms with Crippen molar-refractivity contribution in [3.63, 3.8) is 0 Å². The number of carbonyl (C=O) groups is 2. The fourth-order valence-electron chi connectivity index (χ4n) is 6.98. The molecule has 2 amide bonds. The smallest absolute Gasteiger partial charge is 0.293 e. The van der Waals surface area contributed by atoms with Gasteiger partial charge in [0.2, 0.25) is 5.91 Å². The van der Waals surface area contributed by atoms with Crippen molar-refractivity contribution in [2.75, 3.05) is 70.6 Å². The zero-order valence-electron chi connectivity index (χ0n) is 34.4. The van der Waals surface area contributed by atoms with Gasteiger partial charge >= 0.3 is 0 Å². The van der Waals surface area contributed by atoms with Crippen LogP contribution in [0.2, 0.25) is 5.02 Å². The third-order valence-electron chi connectivity index (χ3n) is 10.4. The van der Waals surface area contributed by atoms with Crippen molar-refractivity contribution in [2.24, 2.45) is 0 Å². The van der Waals surface area contributed by atoms with E-state index in [0.29, 0.717) is 24.4 Å². The van der Waals surface area contributed by atoms with Gasteiger partial charge in [0.1, 0.15) is 5.69 Å². The van der Waals surface area contributed by atoms with Crippen molar-refractivity contribution >= 4 is 62.3 Å². The maximum absolute atomic E-state index is 13.5. The van der Waals surface area contributed by atoms with E-state index in [1.807, 2.05) is 72.6 Å². The summed E-state index contributed by atoms with van der Waals surface area (Å²) in [6.45, 7) is 4.90. The topological polar surface area (TPSA) is 148 Å². The molecule has 5 aromatic rings. The first kappa shape index (κ1) is 45.1. The first-order valence-corrected chi connectivity index (χ1v) is 22.6. The van der Waals surface area contributed by atoms with Gasteiger partial charge in [0.25, 0.3) is 21.6 Å². The highest BCUT2D eigenvalue weighted by Crippen LogP contribution is 2.34. The standard InChI is InChI=1S/C45H50ClN7O6S2/c1-49(2)44(54)32-50(3)25-9-14-43(60-38-11-5-4-6-12-38)47-41-24-23-39(30-42(41)53(56)57)61(58,59)48-45(55)34-17-21-37(22-18-34)52-28-26-51(27-29-52)31-35-10-7-8-13-40(35)33-15-19-36(46)20-16-33/h4-8,10-13,15-24,30,43,47H,9,14,25-29,31-32H2,1-3H3,(H,48,55). The molecule has 1 fully saturated rings. The third kappa shape index (κ3) is 12.6. The maximum atomic E-state index is 13.5. The van der Waals surface area contributed by atoms with Crippen LogP contribution in [0.4, 0.5) is 17.1 Å². The van der Waals surface area contributed by atoms with E-state index < -0.39 is 31.4 Å². The fraction of sp³-hybridized carbons (Fsp3) is 0.289. The predicted molar refractivity (Wildman–Crippen MR) is 244 cm³/mol. The molecule has 320 valence electrons. The minimum atomic E-state index is -4.48. The Morgan fingerprint density at radius 2 is 1.54 bits per heavy atom. The van der Waals surface area contributed by atoms with Gasteiger partial charge in [0.15, 0.2) is 0 Å². The largest absolute Gasteiger partial charge is 0.369 e. The number of benzene rings is 5. The Labute approximate surface area is 366 Å². The van der Waals surface area contributed by atoms with Gasteiger partial charge in [-0.05, 0) is 104 Å². The molecule has 1 aliphatic heterocycles. The number of carbonyl (C=O) groups excluding carboxylic acids is 2. The van der Waals surface area contributed by atoms with E-state index >= 15 is 0 Å². The lowest BCUT2D eigenvalue weighted by Gasteiger charge is -2.36. The van der Waals surface area contributed by atoms with Crippen molar-refractivity contribution in [1.29, 1.82) is 0 Å². The number of piperazine rings is 1. The van der Waals surface area contributed by atoms with Crippen molar-refractivity contribution in [1.82, 2.24) is 19.4 Å². The van der Waals surface area contributed by atoms with E-state index in [0.717, 1.165) is 54.9 Å². The van der Waals surface area contributed by atoms with Crippen LogP contribution in [0.3, 0.4) is 0 Å². The normalized spacial score (nSPS) is 13.8. The average molecular weight is 885 g/mol. The van der Waals surface area contributed by atoms with Crippen molar-refractivity contribution in [3.05, 3.63) is 148 Å². The molecular formula is C45H50ClN7O6S2. The Morgan fingerprint density at radius 1 is 0.869 bits per heavy atom. The van der Waals surface area contributed by atoms with E-state index in [9.17, 15) is 28.1 Å². The highest BCUT2D eigenvalue weighted by atomic mass is 35.5. The van der Waals surface area contributed by atoms with E-state index in [-0.39, 0.29) is 29.1 Å². The lowest BCUT2D eigenvalue weighted by molar-refractivity contribution is -0.384. The zero-order chi connectivity index (χ0) is 43.5. The van der Waals surface area contributed by atoms with Crippen molar-refractivity contribution < 1.29 is 22.9 Å². The second-order valence-electron chi connectivity index (χ2n) is 15.1. The molecule has 1 heterocycles. The number of nitrogens with zero attached hydrogens (tertiary/aromatic N) is 5. The van der Waals surface area contributed by atoms with Crippen LogP contribution in [0.5, 0.6) is 0 Å². The minimum absolute atomic E-state index is 0.0127. The summed E-state index contributed by atoms with van der Waals surface area (Å²) in [7, 11) is 0.797. The molecule has 0 saturated carbocycles. The van der Waals surface area contributed by atoms with Gasteiger partial charge < -0.3 is 15.1 Å². The number of hydrogen-bond donors (Lipinski definition) is 2. The molecule has 0 spiro atoms. The van der Waals surface area contributed by atoms with Gasteiger partial charge in [0.05, 0.1) is 21.7 Å². The summed E-state index contributed by atoms with van der Waals surface area (Å²) in [5, 5.41) is 15.9. The fourth-order valence-corrected chi connectivity index (χ4v) is 9.22. The number of thioether (sulfide) groups is 1. The van der Waals surface area contributed by atoms with Gasteiger partial charge in [-0.3, -0.25) is 29.5 Å². The van der Waals surface area contributed by atoms with E-state index in [2.05, 4.69) is 38.0 Å². The highest BCUT2D eigenvalue weighted by Gasteiger charge is 2.26. The van der Waals surface area contributed by atoms with E-state index in [4.69, 9.17) is 11.6 Å². The number of nitrogens with one attached hydrogen (secondary N) is 2. The second-order valence-corrected chi connectivity index (χ2v) is 18.5. The van der Waals surface area contributed by atoms with Gasteiger partial charge in [0, 0.05) is 74.1 Å². The first-order chi connectivity index (χ1) is 29.3. The van der Waals surface area contributed by atoms with Crippen LogP contribution >= 0.6 is 23.4 Å². The molecule has 61 heavy (non-hydrogen) atoms. The first-order valence-electron chi connectivity index (χ1n) is 19.9. The van der Waals surface area contributed by atoms with E-state index in [1.54, 1.807) is 38.4 Å². The zero-order valence-corrected chi connectivity index (χ0v) is 36.8.